The van der Waals surface area contributed by atoms with Crippen LogP contribution in [-0.4, -0.2) is 66.9 Å². The number of hydrogen-bond donors (Lipinski definition) is 1. The van der Waals surface area contributed by atoms with E-state index >= 15 is 0 Å². The van der Waals surface area contributed by atoms with Crippen molar-refractivity contribution in [2.24, 2.45) is 0 Å². The number of alkyl halides is 2. The second-order valence-electron chi connectivity index (χ2n) is 5.26. The molecule has 2 aliphatic heterocycles. The fourth-order valence-electron chi connectivity index (χ4n) is 2.58. The second kappa shape index (κ2) is 5.48. The van der Waals surface area contributed by atoms with Gasteiger partial charge in [-0.05, 0) is 6.92 Å². The summed E-state index contributed by atoms with van der Waals surface area (Å²) in [6, 6.07) is 0.133. The van der Waals surface area contributed by atoms with Crippen LogP contribution in [0.4, 0.5) is 8.78 Å². The predicted octanol–water partition coefficient (Wildman–Crippen LogP) is 0.538. The van der Waals surface area contributed by atoms with E-state index in [0.29, 0.717) is 6.42 Å². The minimum absolute atomic E-state index is 0.133. The number of halogens is 2. The summed E-state index contributed by atoms with van der Waals surface area (Å²) in [5.74, 6) is -2.83. The summed E-state index contributed by atoms with van der Waals surface area (Å²) in [6.45, 7) is 5.49. The van der Waals surface area contributed by atoms with Gasteiger partial charge in [-0.2, -0.15) is 0 Å². The standard InChI is InChI=1S/C12H21F2N3O/c1-10(16-6-3-15-4-7-16)8-11(18)17-5-2-12(13,14)9-17/h10,15H,2-9H2,1H3. The third-order valence-corrected chi connectivity index (χ3v) is 3.77. The highest BCUT2D eigenvalue weighted by molar-refractivity contribution is 5.77. The monoisotopic (exact) mass is 261 g/mol. The minimum atomic E-state index is -2.69. The third kappa shape index (κ3) is 3.38. The first-order chi connectivity index (χ1) is 8.48. The molecule has 2 rings (SSSR count). The Morgan fingerprint density at radius 2 is 2.00 bits per heavy atom. The quantitative estimate of drug-likeness (QED) is 0.805. The Morgan fingerprint density at radius 1 is 1.33 bits per heavy atom. The number of hydrogen-bond acceptors (Lipinski definition) is 3. The smallest absolute Gasteiger partial charge is 0.267 e. The molecule has 0 saturated carbocycles. The Labute approximate surface area is 106 Å². The van der Waals surface area contributed by atoms with Gasteiger partial charge in [-0.25, -0.2) is 8.78 Å². The van der Waals surface area contributed by atoms with Crippen LogP contribution < -0.4 is 5.32 Å². The highest BCUT2D eigenvalue weighted by Crippen LogP contribution is 2.27. The van der Waals surface area contributed by atoms with Gasteiger partial charge in [-0.15, -0.1) is 0 Å². The first-order valence-electron chi connectivity index (χ1n) is 6.58. The number of piperazine rings is 1. The lowest BCUT2D eigenvalue weighted by atomic mass is 10.1. The molecule has 0 spiro atoms. The molecule has 104 valence electrons. The molecular weight excluding hydrogens is 240 g/mol. The lowest BCUT2D eigenvalue weighted by Crippen LogP contribution is -2.48. The number of rotatable bonds is 3. The van der Waals surface area contributed by atoms with Crippen LogP contribution in [0.5, 0.6) is 0 Å². The van der Waals surface area contributed by atoms with Crippen LogP contribution in [-0.2, 0) is 4.79 Å². The van der Waals surface area contributed by atoms with Gasteiger partial charge < -0.3 is 10.2 Å². The Bertz CT molecular complexity index is 306. The van der Waals surface area contributed by atoms with E-state index in [2.05, 4.69) is 10.2 Å². The number of amides is 1. The molecule has 4 nitrogen and oxygen atoms in total. The Morgan fingerprint density at radius 3 is 2.56 bits per heavy atom. The Hall–Kier alpha value is -0.750. The van der Waals surface area contributed by atoms with Crippen LogP contribution >= 0.6 is 0 Å². The summed E-state index contributed by atoms with van der Waals surface area (Å²) in [6.07, 6.45) is 0.150. The van der Waals surface area contributed by atoms with Crippen molar-refractivity contribution in [3.63, 3.8) is 0 Å². The van der Waals surface area contributed by atoms with Gasteiger partial charge in [-0.1, -0.05) is 0 Å². The molecule has 1 amide bonds. The Balaban J connectivity index is 1.80. The third-order valence-electron chi connectivity index (χ3n) is 3.77. The van der Waals surface area contributed by atoms with Gasteiger partial charge in [0, 0.05) is 51.6 Å². The molecule has 0 radical (unpaired) electrons. The van der Waals surface area contributed by atoms with Gasteiger partial charge in [-0.3, -0.25) is 9.69 Å². The molecule has 1 N–H and O–H groups in total. The average Bonchev–Trinajstić information content (AvgIpc) is 2.71. The molecule has 0 aromatic carbocycles. The van der Waals surface area contributed by atoms with Crippen LogP contribution in [0.15, 0.2) is 0 Å². The van der Waals surface area contributed by atoms with Crippen LogP contribution in [0, 0.1) is 0 Å². The minimum Gasteiger partial charge on any atom is -0.336 e. The van der Waals surface area contributed by atoms with Crippen molar-refractivity contribution in [2.75, 3.05) is 39.3 Å². The average molecular weight is 261 g/mol. The van der Waals surface area contributed by atoms with Gasteiger partial charge in [0.25, 0.3) is 5.92 Å². The van der Waals surface area contributed by atoms with E-state index in [0.717, 1.165) is 26.2 Å². The van der Waals surface area contributed by atoms with E-state index in [-0.39, 0.29) is 24.9 Å². The summed E-state index contributed by atoms with van der Waals surface area (Å²) in [7, 11) is 0. The maximum absolute atomic E-state index is 13.0. The van der Waals surface area contributed by atoms with E-state index < -0.39 is 12.5 Å². The molecule has 1 atom stereocenters. The zero-order valence-electron chi connectivity index (χ0n) is 10.8. The molecular formula is C12H21F2N3O. The molecule has 0 aromatic heterocycles. The molecule has 0 bridgehead atoms. The van der Waals surface area contributed by atoms with Crippen molar-refractivity contribution in [1.29, 1.82) is 0 Å². The number of carbonyl (C=O) groups is 1. The normalized spacial score (nSPS) is 26.3. The molecule has 2 heterocycles. The number of carbonyl (C=O) groups excluding carboxylic acids is 1. The van der Waals surface area contributed by atoms with Crippen molar-refractivity contribution >= 4 is 5.91 Å². The molecule has 18 heavy (non-hydrogen) atoms. The highest BCUT2D eigenvalue weighted by atomic mass is 19.3. The Kier molecular flexibility index (Phi) is 4.17. The summed E-state index contributed by atoms with van der Waals surface area (Å²) in [4.78, 5) is 15.5. The van der Waals surface area contributed by atoms with Gasteiger partial charge >= 0.3 is 0 Å². The van der Waals surface area contributed by atoms with Crippen molar-refractivity contribution in [3.05, 3.63) is 0 Å². The van der Waals surface area contributed by atoms with E-state index in [1.165, 1.54) is 4.90 Å². The summed E-state index contributed by atoms with van der Waals surface area (Å²) in [5.41, 5.74) is 0. The fourth-order valence-corrected chi connectivity index (χ4v) is 2.58. The second-order valence-corrected chi connectivity index (χ2v) is 5.26. The molecule has 0 aliphatic carbocycles. The SMILES string of the molecule is CC(CC(=O)N1CCC(F)(F)C1)N1CCNCC1. The first kappa shape index (κ1) is 13.7. The maximum Gasteiger partial charge on any atom is 0.267 e. The number of nitrogens with one attached hydrogen (secondary N) is 1. The van der Waals surface area contributed by atoms with Gasteiger partial charge in [0.05, 0.1) is 6.54 Å². The summed E-state index contributed by atoms with van der Waals surface area (Å²) in [5, 5.41) is 3.25. The van der Waals surface area contributed by atoms with Crippen molar-refractivity contribution in [3.8, 4) is 0 Å². The van der Waals surface area contributed by atoms with Crippen LogP contribution in [0.3, 0.4) is 0 Å². The van der Waals surface area contributed by atoms with Crippen LogP contribution in [0.2, 0.25) is 0 Å². The van der Waals surface area contributed by atoms with E-state index in [9.17, 15) is 13.6 Å². The van der Waals surface area contributed by atoms with E-state index in [1.807, 2.05) is 6.92 Å². The molecule has 6 heteroatoms. The van der Waals surface area contributed by atoms with Crippen molar-refractivity contribution in [2.45, 2.75) is 31.7 Å². The molecule has 2 fully saturated rings. The topological polar surface area (TPSA) is 35.6 Å². The maximum atomic E-state index is 13.0. The summed E-state index contributed by atoms with van der Waals surface area (Å²) < 4.78 is 26.1. The van der Waals surface area contributed by atoms with Crippen LogP contribution in [0.1, 0.15) is 19.8 Å². The lowest BCUT2D eigenvalue weighted by molar-refractivity contribution is -0.132. The number of likely N-dealkylation sites (tertiary alicyclic amines) is 1. The fraction of sp³-hybridized carbons (Fsp3) is 0.917. The van der Waals surface area contributed by atoms with E-state index in [4.69, 9.17) is 0 Å². The highest BCUT2D eigenvalue weighted by Gasteiger charge is 2.40. The van der Waals surface area contributed by atoms with E-state index in [1.54, 1.807) is 0 Å². The van der Waals surface area contributed by atoms with Crippen molar-refractivity contribution in [1.82, 2.24) is 15.1 Å². The number of nitrogens with zero attached hydrogens (tertiary/aromatic N) is 2. The largest absolute Gasteiger partial charge is 0.336 e. The van der Waals surface area contributed by atoms with Crippen LogP contribution in [0.25, 0.3) is 0 Å². The first-order valence-corrected chi connectivity index (χ1v) is 6.58. The van der Waals surface area contributed by atoms with Gasteiger partial charge in [0.1, 0.15) is 0 Å². The summed E-state index contributed by atoms with van der Waals surface area (Å²) >= 11 is 0. The predicted molar refractivity (Wildman–Crippen MR) is 64.7 cm³/mol. The molecule has 0 aromatic rings. The molecule has 2 saturated heterocycles. The van der Waals surface area contributed by atoms with Gasteiger partial charge in [0.15, 0.2) is 0 Å². The lowest BCUT2D eigenvalue weighted by Gasteiger charge is -2.33. The zero-order valence-corrected chi connectivity index (χ0v) is 10.8. The molecule has 1 unspecified atom stereocenters. The van der Waals surface area contributed by atoms with Gasteiger partial charge in [0.2, 0.25) is 5.91 Å². The molecule has 2 aliphatic rings. The zero-order chi connectivity index (χ0) is 13.2. The van der Waals surface area contributed by atoms with Crippen molar-refractivity contribution < 1.29 is 13.6 Å².